The van der Waals surface area contributed by atoms with E-state index in [1.54, 1.807) is 0 Å². The zero-order chi connectivity index (χ0) is 10.3. The van der Waals surface area contributed by atoms with Crippen LogP contribution in [0.5, 0.6) is 0 Å². The fourth-order valence-corrected chi connectivity index (χ4v) is 3.12. The van der Waals surface area contributed by atoms with Gasteiger partial charge in [-0.15, -0.1) is 0 Å². The van der Waals surface area contributed by atoms with E-state index in [1.165, 1.54) is 21.2 Å². The number of hydrogen-bond acceptors (Lipinski definition) is 0. The van der Waals surface area contributed by atoms with Gasteiger partial charge in [-0.3, -0.25) is 0 Å². The van der Waals surface area contributed by atoms with E-state index in [2.05, 4.69) is 61.0 Å². The maximum atomic E-state index is 3.73. The second-order valence-electron chi connectivity index (χ2n) is 4.23. The quantitative estimate of drug-likeness (QED) is 0.686. The van der Waals surface area contributed by atoms with Gasteiger partial charge in [0.05, 0.1) is 0 Å². The van der Waals surface area contributed by atoms with Gasteiger partial charge >= 0.3 is 0 Å². The smallest absolute Gasteiger partial charge is 0.0136 e. The lowest BCUT2D eigenvalue weighted by Crippen LogP contribution is -1.91. The summed E-state index contributed by atoms with van der Waals surface area (Å²) in [5.74, 6) is 1.12. The Morgan fingerprint density at radius 1 is 1.21 bits per heavy atom. The minimum atomic E-state index is 0.531. The average molecular weight is 251 g/mol. The predicted molar refractivity (Wildman–Crippen MR) is 65.5 cm³/mol. The molecule has 0 fully saturated rings. The molecule has 1 aromatic carbocycles. The summed E-state index contributed by atoms with van der Waals surface area (Å²) in [6.07, 6.45) is 0. The molecular weight excluding hydrogens is 236 g/mol. The van der Waals surface area contributed by atoms with E-state index in [4.69, 9.17) is 0 Å². The van der Waals surface area contributed by atoms with Gasteiger partial charge in [-0.05, 0) is 22.6 Å². The van der Waals surface area contributed by atoms with Crippen molar-refractivity contribution in [1.29, 1.82) is 0 Å². The Labute approximate surface area is 94.2 Å². The largest absolute Gasteiger partial charge is 0.0619 e. The molecule has 0 saturated carbocycles. The van der Waals surface area contributed by atoms with E-state index < -0.39 is 0 Å². The molecule has 0 N–H and O–H groups in total. The second-order valence-corrected chi connectivity index (χ2v) is 5.08. The lowest BCUT2D eigenvalue weighted by molar-refractivity contribution is 0.854. The van der Waals surface area contributed by atoms with Gasteiger partial charge in [0.1, 0.15) is 0 Å². The number of allylic oxidation sites excluding steroid dienone is 2. The summed E-state index contributed by atoms with van der Waals surface area (Å²) in [6, 6.07) is 8.71. The summed E-state index contributed by atoms with van der Waals surface area (Å²) in [5.41, 5.74) is 4.37. The van der Waals surface area contributed by atoms with Crippen LogP contribution in [0.15, 0.2) is 28.7 Å². The summed E-state index contributed by atoms with van der Waals surface area (Å²) in [6.45, 7) is 6.77. The molecule has 2 rings (SSSR count). The molecule has 0 amide bonds. The molecule has 14 heavy (non-hydrogen) atoms. The number of halogens is 1. The number of benzene rings is 1. The Morgan fingerprint density at radius 2 is 1.86 bits per heavy atom. The zero-order valence-electron chi connectivity index (χ0n) is 8.84. The third-order valence-corrected chi connectivity index (χ3v) is 4.05. The molecular formula is C13H15Br. The molecule has 0 aromatic heterocycles. The topological polar surface area (TPSA) is 0 Å². The first-order valence-electron chi connectivity index (χ1n) is 5.11. The Bertz CT molecular complexity index is 388. The lowest BCUT2D eigenvalue weighted by Gasteiger charge is -2.09. The highest BCUT2D eigenvalue weighted by atomic mass is 79.9. The highest BCUT2D eigenvalue weighted by Crippen LogP contribution is 2.47. The Balaban J connectivity index is 2.61. The van der Waals surface area contributed by atoms with Crippen molar-refractivity contribution in [3.8, 4) is 0 Å². The first kappa shape index (κ1) is 9.97. The third-order valence-electron chi connectivity index (χ3n) is 2.93. The fourth-order valence-electron chi connectivity index (χ4n) is 2.21. The maximum Gasteiger partial charge on any atom is 0.0136 e. The fraction of sp³-hybridized carbons (Fsp3) is 0.385. The van der Waals surface area contributed by atoms with Gasteiger partial charge in [-0.1, -0.05) is 61.0 Å². The van der Waals surface area contributed by atoms with Crippen LogP contribution < -0.4 is 0 Å². The molecule has 74 valence electrons. The minimum absolute atomic E-state index is 0.531. The van der Waals surface area contributed by atoms with E-state index >= 15 is 0 Å². The standard InChI is InChI=1S/C13H15Br/c1-8(2)12-11-7-5-4-6-10(11)9(3)13(12)14/h4-9H,1-3H3. The van der Waals surface area contributed by atoms with E-state index in [0.29, 0.717) is 11.8 Å². The van der Waals surface area contributed by atoms with E-state index in [0.717, 1.165) is 0 Å². The van der Waals surface area contributed by atoms with Crippen molar-refractivity contribution in [3.05, 3.63) is 39.9 Å². The zero-order valence-corrected chi connectivity index (χ0v) is 10.4. The summed E-state index contributed by atoms with van der Waals surface area (Å²) in [5, 5.41) is 0. The maximum absolute atomic E-state index is 3.73. The minimum Gasteiger partial charge on any atom is -0.0619 e. The highest BCUT2D eigenvalue weighted by molar-refractivity contribution is 9.11. The molecule has 0 nitrogen and oxygen atoms in total. The van der Waals surface area contributed by atoms with Gasteiger partial charge in [0.15, 0.2) is 0 Å². The monoisotopic (exact) mass is 250 g/mol. The average Bonchev–Trinajstić information content (AvgIpc) is 2.41. The molecule has 0 saturated heterocycles. The van der Waals surface area contributed by atoms with E-state index in [9.17, 15) is 0 Å². The van der Waals surface area contributed by atoms with Crippen molar-refractivity contribution < 1.29 is 0 Å². The van der Waals surface area contributed by atoms with Gasteiger partial charge in [0.25, 0.3) is 0 Å². The van der Waals surface area contributed by atoms with Crippen molar-refractivity contribution in [2.24, 2.45) is 5.92 Å². The van der Waals surface area contributed by atoms with Crippen molar-refractivity contribution >= 4 is 21.5 Å². The molecule has 0 bridgehead atoms. The summed E-state index contributed by atoms with van der Waals surface area (Å²) in [4.78, 5) is 0. The number of fused-ring (bicyclic) bond motifs is 1. The van der Waals surface area contributed by atoms with Crippen LogP contribution in [0.1, 0.15) is 37.8 Å². The van der Waals surface area contributed by atoms with Crippen LogP contribution in [0.2, 0.25) is 0 Å². The van der Waals surface area contributed by atoms with Crippen LogP contribution in [0, 0.1) is 5.92 Å². The van der Waals surface area contributed by atoms with E-state index in [1.807, 2.05) is 0 Å². The van der Waals surface area contributed by atoms with Crippen LogP contribution >= 0.6 is 15.9 Å². The summed E-state index contributed by atoms with van der Waals surface area (Å²) in [7, 11) is 0. The van der Waals surface area contributed by atoms with Gasteiger partial charge in [0.2, 0.25) is 0 Å². The third kappa shape index (κ3) is 1.35. The van der Waals surface area contributed by atoms with Crippen LogP contribution in [0.25, 0.3) is 5.57 Å². The van der Waals surface area contributed by atoms with Crippen LogP contribution in [-0.4, -0.2) is 0 Å². The van der Waals surface area contributed by atoms with Gasteiger partial charge in [0, 0.05) is 10.4 Å². The molecule has 1 aliphatic rings. The molecule has 1 aromatic rings. The molecule has 0 aliphatic heterocycles. The molecule has 1 unspecified atom stereocenters. The van der Waals surface area contributed by atoms with Gasteiger partial charge in [-0.2, -0.15) is 0 Å². The van der Waals surface area contributed by atoms with Crippen molar-refractivity contribution in [2.45, 2.75) is 26.7 Å². The highest BCUT2D eigenvalue weighted by Gasteiger charge is 2.27. The van der Waals surface area contributed by atoms with Gasteiger partial charge < -0.3 is 0 Å². The molecule has 1 aliphatic carbocycles. The SMILES string of the molecule is CC(C)C1=C(Br)C(C)c2ccccc21. The summed E-state index contributed by atoms with van der Waals surface area (Å²) < 4.78 is 1.37. The number of rotatable bonds is 1. The molecule has 0 spiro atoms. The number of hydrogen-bond donors (Lipinski definition) is 0. The lowest BCUT2D eigenvalue weighted by atomic mass is 9.97. The first-order chi connectivity index (χ1) is 6.63. The van der Waals surface area contributed by atoms with Crippen molar-refractivity contribution in [3.63, 3.8) is 0 Å². The molecule has 0 radical (unpaired) electrons. The Kier molecular flexibility index (Phi) is 2.52. The first-order valence-corrected chi connectivity index (χ1v) is 5.91. The molecule has 1 heteroatoms. The summed E-state index contributed by atoms with van der Waals surface area (Å²) >= 11 is 3.73. The van der Waals surface area contributed by atoms with E-state index in [-0.39, 0.29) is 0 Å². The van der Waals surface area contributed by atoms with Crippen LogP contribution in [0.3, 0.4) is 0 Å². The molecule has 0 heterocycles. The molecule has 1 atom stereocenters. The Morgan fingerprint density at radius 3 is 2.50 bits per heavy atom. The van der Waals surface area contributed by atoms with Gasteiger partial charge in [-0.25, -0.2) is 0 Å². The van der Waals surface area contributed by atoms with Crippen LogP contribution in [-0.2, 0) is 0 Å². The Hall–Kier alpha value is -0.560. The van der Waals surface area contributed by atoms with Crippen LogP contribution in [0.4, 0.5) is 0 Å². The van der Waals surface area contributed by atoms with Crippen molar-refractivity contribution in [2.75, 3.05) is 0 Å². The van der Waals surface area contributed by atoms with Crippen molar-refractivity contribution in [1.82, 2.24) is 0 Å². The normalized spacial score (nSPS) is 20.5. The predicted octanol–water partition coefficient (Wildman–Crippen LogP) is 4.57. The second kappa shape index (κ2) is 3.54.